The van der Waals surface area contributed by atoms with Crippen molar-refractivity contribution in [3.63, 3.8) is 0 Å². The number of nitrogens with two attached hydrogens (primary N) is 2. The van der Waals surface area contributed by atoms with Gasteiger partial charge in [0.05, 0.1) is 11.4 Å². The Bertz CT molecular complexity index is 742. The lowest BCUT2D eigenvalue weighted by atomic mass is 10.0. The molecule has 0 radical (unpaired) electrons. The minimum atomic E-state index is -0.768. The Kier molecular flexibility index (Phi) is 4.73. The van der Waals surface area contributed by atoms with Crippen molar-refractivity contribution in [1.82, 2.24) is 0 Å². The van der Waals surface area contributed by atoms with Crippen molar-refractivity contribution in [3.05, 3.63) is 53.6 Å². The van der Waals surface area contributed by atoms with Crippen LogP contribution in [0.15, 0.2) is 42.5 Å². The molecule has 0 saturated carbocycles. The highest BCUT2D eigenvalue weighted by Crippen LogP contribution is 2.42. The number of aliphatic hydroxyl groups is 1. The first kappa shape index (κ1) is 17.0. The fraction of sp³-hybridized carbons (Fsp3) is 0.176. The number of ether oxygens (including phenoxy) is 1. The molecule has 2 aromatic carbocycles. The zero-order valence-electron chi connectivity index (χ0n) is 13.0. The second-order valence-electron chi connectivity index (χ2n) is 5.51. The van der Waals surface area contributed by atoms with E-state index in [1.807, 2.05) is 43.3 Å². The molecule has 0 saturated heterocycles. The third-order valence-corrected chi connectivity index (χ3v) is 3.77. The average Bonchev–Trinajstić information content (AvgIpc) is 2.51. The lowest BCUT2D eigenvalue weighted by molar-refractivity contribution is 0.217. The predicted octanol–water partition coefficient (Wildman–Crippen LogP) is 2.81. The number of anilines is 3. The molecule has 5 N–H and O–H groups in total. The van der Waals surface area contributed by atoms with Gasteiger partial charge in [-0.1, -0.05) is 6.07 Å². The van der Waals surface area contributed by atoms with Gasteiger partial charge < -0.3 is 26.2 Å². The fourth-order valence-electron chi connectivity index (χ4n) is 2.43. The van der Waals surface area contributed by atoms with E-state index in [0.717, 1.165) is 11.3 Å². The van der Waals surface area contributed by atoms with Crippen molar-refractivity contribution < 1.29 is 9.84 Å². The molecule has 23 heavy (non-hydrogen) atoms. The van der Waals surface area contributed by atoms with E-state index in [1.54, 1.807) is 18.2 Å². The van der Waals surface area contributed by atoms with Crippen molar-refractivity contribution >= 4 is 35.2 Å². The summed E-state index contributed by atoms with van der Waals surface area (Å²) in [5.41, 5.74) is 15.2. The highest BCUT2D eigenvalue weighted by atomic mass is 35.5. The van der Waals surface area contributed by atoms with Crippen LogP contribution in [-0.4, -0.2) is 19.2 Å². The molecule has 0 bridgehead atoms. The summed E-state index contributed by atoms with van der Waals surface area (Å²) in [6.45, 7) is 0. The third-order valence-electron chi connectivity index (χ3n) is 3.77. The second-order valence-corrected chi connectivity index (χ2v) is 5.51. The van der Waals surface area contributed by atoms with E-state index in [4.69, 9.17) is 16.2 Å². The number of rotatable bonds is 2. The van der Waals surface area contributed by atoms with Gasteiger partial charge in [-0.2, -0.15) is 0 Å². The van der Waals surface area contributed by atoms with Gasteiger partial charge in [0.2, 0.25) is 0 Å². The van der Waals surface area contributed by atoms with E-state index in [9.17, 15) is 5.11 Å². The molecule has 5 nitrogen and oxygen atoms in total. The van der Waals surface area contributed by atoms with Gasteiger partial charge in [0.25, 0.3) is 0 Å². The molecule has 122 valence electrons. The number of hydrogen-bond acceptors (Lipinski definition) is 5. The molecule has 1 unspecified atom stereocenters. The lowest BCUT2D eigenvalue weighted by Crippen LogP contribution is -2.12. The number of nitrogens with zero attached hydrogens (tertiary/aromatic N) is 1. The largest absolute Gasteiger partial charge is 0.454 e. The monoisotopic (exact) mass is 333 g/mol. The van der Waals surface area contributed by atoms with E-state index in [2.05, 4.69) is 0 Å². The van der Waals surface area contributed by atoms with Crippen LogP contribution in [0.4, 0.5) is 17.1 Å². The molecule has 6 heteroatoms. The van der Waals surface area contributed by atoms with Gasteiger partial charge >= 0.3 is 0 Å². The normalized spacial score (nSPS) is 15.8. The van der Waals surface area contributed by atoms with Crippen molar-refractivity contribution in [2.24, 2.45) is 0 Å². The molecule has 0 amide bonds. The first-order valence-corrected chi connectivity index (χ1v) is 7.00. The summed E-state index contributed by atoms with van der Waals surface area (Å²) in [5, 5.41) is 10.3. The van der Waals surface area contributed by atoms with Gasteiger partial charge in [0, 0.05) is 30.9 Å². The Hall–Kier alpha value is -2.37. The molecule has 1 aliphatic heterocycles. The number of hydrogen-bond donors (Lipinski definition) is 3. The summed E-state index contributed by atoms with van der Waals surface area (Å²) in [5.74, 6) is 1.00. The van der Waals surface area contributed by atoms with Crippen LogP contribution in [0.25, 0.3) is 5.76 Å². The molecule has 0 fully saturated rings. The van der Waals surface area contributed by atoms with Crippen molar-refractivity contribution in [1.29, 1.82) is 0 Å². The second kappa shape index (κ2) is 6.40. The summed E-state index contributed by atoms with van der Waals surface area (Å²) in [6.07, 6.45) is 0.901. The average molecular weight is 334 g/mol. The first-order valence-electron chi connectivity index (χ1n) is 7.00. The molecule has 1 aliphatic rings. The zero-order valence-corrected chi connectivity index (χ0v) is 13.8. The quantitative estimate of drug-likeness (QED) is 0.736. The van der Waals surface area contributed by atoms with Gasteiger partial charge in [-0.15, -0.1) is 12.4 Å². The van der Waals surface area contributed by atoms with Crippen molar-refractivity contribution in [3.8, 4) is 5.75 Å². The number of nitrogen functional groups attached to an aromatic ring is 2. The van der Waals surface area contributed by atoms with E-state index >= 15 is 0 Å². The standard InChI is InChI=1S/C17H19N3O2.ClH/c1-20(2)11-5-3-10(4-6-11)15-9-14(21)12-7-8-13(18)16(19)17(12)22-15;/h3-9,14,21H,18-19H2,1-2H3;1H. The fourth-order valence-corrected chi connectivity index (χ4v) is 2.43. The molecule has 1 atom stereocenters. The van der Waals surface area contributed by atoms with E-state index in [-0.39, 0.29) is 12.4 Å². The van der Waals surface area contributed by atoms with Crippen LogP contribution in [0, 0.1) is 0 Å². The SMILES string of the molecule is CN(C)c1ccc(C2=CC(O)c3ccc(N)c(N)c3O2)cc1.Cl. The molecule has 0 aromatic heterocycles. The Morgan fingerprint density at radius 3 is 2.30 bits per heavy atom. The molecular formula is C17H20ClN3O2. The Morgan fingerprint density at radius 2 is 1.70 bits per heavy atom. The summed E-state index contributed by atoms with van der Waals surface area (Å²) < 4.78 is 5.88. The van der Waals surface area contributed by atoms with Gasteiger partial charge in [-0.25, -0.2) is 0 Å². The maximum Gasteiger partial charge on any atom is 0.158 e. The lowest BCUT2D eigenvalue weighted by Gasteiger charge is -2.24. The first-order chi connectivity index (χ1) is 10.5. The van der Waals surface area contributed by atoms with Crippen LogP contribution < -0.4 is 21.1 Å². The van der Waals surface area contributed by atoms with Crippen LogP contribution in [0.5, 0.6) is 5.75 Å². The van der Waals surface area contributed by atoms with Crippen LogP contribution in [-0.2, 0) is 0 Å². The van der Waals surface area contributed by atoms with E-state index < -0.39 is 6.10 Å². The molecular weight excluding hydrogens is 314 g/mol. The van der Waals surface area contributed by atoms with Crippen molar-refractivity contribution in [2.45, 2.75) is 6.10 Å². The maximum absolute atomic E-state index is 10.3. The topological polar surface area (TPSA) is 84.7 Å². The van der Waals surface area contributed by atoms with Gasteiger partial charge in [-0.05, 0) is 36.4 Å². The summed E-state index contributed by atoms with van der Waals surface area (Å²) in [4.78, 5) is 2.02. The number of halogens is 1. The zero-order chi connectivity index (χ0) is 15.9. The summed E-state index contributed by atoms with van der Waals surface area (Å²) in [7, 11) is 3.96. The highest BCUT2D eigenvalue weighted by molar-refractivity contribution is 5.85. The number of benzene rings is 2. The molecule has 1 heterocycles. The Morgan fingerprint density at radius 1 is 1.04 bits per heavy atom. The maximum atomic E-state index is 10.3. The van der Waals surface area contributed by atoms with Crippen LogP contribution >= 0.6 is 12.4 Å². The molecule has 2 aromatic rings. The Balaban J connectivity index is 0.00000192. The van der Waals surface area contributed by atoms with Crippen LogP contribution in [0.3, 0.4) is 0 Å². The van der Waals surface area contributed by atoms with Crippen LogP contribution in [0.2, 0.25) is 0 Å². The Labute approximate surface area is 141 Å². The molecule has 0 spiro atoms. The minimum absolute atomic E-state index is 0. The smallest absolute Gasteiger partial charge is 0.158 e. The number of aliphatic hydroxyl groups excluding tert-OH is 1. The highest BCUT2D eigenvalue weighted by Gasteiger charge is 2.24. The van der Waals surface area contributed by atoms with Crippen LogP contribution in [0.1, 0.15) is 17.2 Å². The van der Waals surface area contributed by atoms with Gasteiger partial charge in [0.15, 0.2) is 5.75 Å². The minimum Gasteiger partial charge on any atom is -0.454 e. The molecule has 3 rings (SSSR count). The van der Waals surface area contributed by atoms with E-state index in [0.29, 0.717) is 28.4 Å². The number of fused-ring (bicyclic) bond motifs is 1. The molecule has 0 aliphatic carbocycles. The summed E-state index contributed by atoms with van der Waals surface area (Å²) in [6, 6.07) is 11.3. The van der Waals surface area contributed by atoms with Gasteiger partial charge in [-0.3, -0.25) is 0 Å². The van der Waals surface area contributed by atoms with Gasteiger partial charge in [0.1, 0.15) is 11.9 Å². The third kappa shape index (κ3) is 3.06. The van der Waals surface area contributed by atoms with E-state index in [1.165, 1.54) is 0 Å². The predicted molar refractivity (Wildman–Crippen MR) is 96.8 cm³/mol. The van der Waals surface area contributed by atoms with Crippen molar-refractivity contribution in [2.75, 3.05) is 30.5 Å². The summed E-state index contributed by atoms with van der Waals surface area (Å²) >= 11 is 0.